The number of ether oxygens (including phenoxy) is 1. The van der Waals surface area contributed by atoms with E-state index >= 15 is 0 Å². The molecule has 2 fully saturated rings. The Labute approximate surface area is 127 Å². The number of hydrogen-bond donors (Lipinski definition) is 0. The molecule has 116 valence electrons. The van der Waals surface area contributed by atoms with Gasteiger partial charge in [-0.15, -0.1) is 0 Å². The van der Waals surface area contributed by atoms with Gasteiger partial charge in [-0.1, -0.05) is 0 Å². The van der Waals surface area contributed by atoms with Gasteiger partial charge >= 0.3 is 6.09 Å². The van der Waals surface area contributed by atoms with E-state index in [0.717, 1.165) is 31.8 Å². The number of hydrogen-bond acceptors (Lipinski definition) is 4. The van der Waals surface area contributed by atoms with Crippen LogP contribution in [0.2, 0.25) is 0 Å². The second-order valence-electron chi connectivity index (χ2n) is 5.88. The van der Waals surface area contributed by atoms with Crippen LogP contribution in [-0.4, -0.2) is 66.7 Å². The van der Waals surface area contributed by atoms with Crippen molar-refractivity contribution in [3.8, 4) is 0 Å². The van der Waals surface area contributed by atoms with Crippen molar-refractivity contribution in [2.75, 3.05) is 44.8 Å². The van der Waals surface area contributed by atoms with E-state index < -0.39 is 0 Å². The van der Waals surface area contributed by atoms with Crippen LogP contribution in [0.15, 0.2) is 0 Å². The minimum absolute atomic E-state index is 0.134. The molecule has 0 unspecified atom stereocenters. The van der Waals surface area contributed by atoms with Crippen LogP contribution in [0.5, 0.6) is 0 Å². The summed E-state index contributed by atoms with van der Waals surface area (Å²) in [6.07, 6.45) is 7.00. The summed E-state index contributed by atoms with van der Waals surface area (Å²) in [5.41, 5.74) is 0. The van der Waals surface area contributed by atoms with E-state index in [0.29, 0.717) is 12.6 Å². The third-order valence-electron chi connectivity index (χ3n) is 4.46. The molecule has 1 atom stereocenters. The fourth-order valence-electron chi connectivity index (χ4n) is 3.43. The smallest absolute Gasteiger partial charge is 0.409 e. The van der Waals surface area contributed by atoms with E-state index in [-0.39, 0.29) is 6.09 Å². The molecule has 0 spiro atoms. The molecule has 2 aliphatic rings. The molecule has 0 aliphatic carbocycles. The first-order valence-corrected chi connectivity index (χ1v) is 9.28. The molecule has 2 aliphatic heterocycles. The Balaban J connectivity index is 1.77. The second kappa shape index (κ2) is 8.13. The molecule has 2 saturated heterocycles. The van der Waals surface area contributed by atoms with Gasteiger partial charge in [-0.25, -0.2) is 4.79 Å². The Hall–Kier alpha value is -0.420. The topological polar surface area (TPSA) is 32.8 Å². The Bertz CT molecular complexity index is 304. The van der Waals surface area contributed by atoms with Gasteiger partial charge in [0.25, 0.3) is 0 Å². The largest absolute Gasteiger partial charge is 0.450 e. The molecular weight excluding hydrogens is 272 g/mol. The molecule has 1 amide bonds. The van der Waals surface area contributed by atoms with Crippen LogP contribution >= 0.6 is 11.8 Å². The Morgan fingerprint density at radius 2 is 2.00 bits per heavy atom. The molecule has 2 rings (SSSR count). The van der Waals surface area contributed by atoms with Crippen molar-refractivity contribution in [3.05, 3.63) is 0 Å². The van der Waals surface area contributed by atoms with Gasteiger partial charge in [0.15, 0.2) is 0 Å². The van der Waals surface area contributed by atoms with Crippen LogP contribution < -0.4 is 0 Å². The number of thioether (sulfide) groups is 1. The predicted molar refractivity (Wildman–Crippen MR) is 84.3 cm³/mol. The first kappa shape index (κ1) is 16.0. The summed E-state index contributed by atoms with van der Waals surface area (Å²) < 4.78 is 5.08. The van der Waals surface area contributed by atoms with Gasteiger partial charge in [0.1, 0.15) is 0 Å². The molecule has 20 heavy (non-hydrogen) atoms. The fraction of sp³-hybridized carbons (Fsp3) is 0.933. The normalized spacial score (nSPS) is 25.7. The lowest BCUT2D eigenvalue weighted by Gasteiger charge is -2.42. The van der Waals surface area contributed by atoms with E-state index in [1.165, 1.54) is 31.7 Å². The zero-order chi connectivity index (χ0) is 14.4. The Kier molecular flexibility index (Phi) is 6.49. The molecule has 0 radical (unpaired) electrons. The highest BCUT2D eigenvalue weighted by Crippen LogP contribution is 2.25. The van der Waals surface area contributed by atoms with Crippen molar-refractivity contribution >= 4 is 17.9 Å². The maximum atomic E-state index is 11.7. The minimum Gasteiger partial charge on any atom is -0.450 e. The average molecular weight is 300 g/mol. The SMILES string of the molecule is CCOC(=O)N1CCC(N2CCC[C@@H](CSC)C2)CC1. The summed E-state index contributed by atoms with van der Waals surface area (Å²) in [7, 11) is 0. The maximum absolute atomic E-state index is 11.7. The number of piperidine rings is 2. The Morgan fingerprint density at radius 1 is 1.25 bits per heavy atom. The van der Waals surface area contributed by atoms with Crippen molar-refractivity contribution in [1.82, 2.24) is 9.80 Å². The average Bonchev–Trinajstić information content (AvgIpc) is 2.48. The first-order valence-electron chi connectivity index (χ1n) is 7.89. The van der Waals surface area contributed by atoms with Crippen LogP contribution in [-0.2, 0) is 4.74 Å². The van der Waals surface area contributed by atoms with Crippen LogP contribution in [0.4, 0.5) is 4.79 Å². The lowest BCUT2D eigenvalue weighted by molar-refractivity contribution is 0.0604. The fourth-order valence-corrected chi connectivity index (χ4v) is 4.17. The monoisotopic (exact) mass is 300 g/mol. The van der Waals surface area contributed by atoms with Gasteiger partial charge in [-0.3, -0.25) is 4.90 Å². The Morgan fingerprint density at radius 3 is 2.65 bits per heavy atom. The quantitative estimate of drug-likeness (QED) is 0.799. The minimum atomic E-state index is -0.134. The molecule has 0 N–H and O–H groups in total. The van der Waals surface area contributed by atoms with Crippen LogP contribution in [0, 0.1) is 5.92 Å². The summed E-state index contributed by atoms with van der Waals surface area (Å²) in [5.74, 6) is 2.15. The van der Waals surface area contributed by atoms with Gasteiger partial charge in [-0.2, -0.15) is 11.8 Å². The van der Waals surface area contributed by atoms with Crippen LogP contribution in [0.3, 0.4) is 0 Å². The maximum Gasteiger partial charge on any atom is 0.409 e. The van der Waals surface area contributed by atoms with Crippen molar-refractivity contribution in [1.29, 1.82) is 0 Å². The molecular formula is C15H28N2O2S. The van der Waals surface area contributed by atoms with Crippen molar-refractivity contribution in [2.24, 2.45) is 5.92 Å². The molecule has 0 saturated carbocycles. The molecule has 0 bridgehead atoms. The highest BCUT2D eigenvalue weighted by atomic mass is 32.2. The van der Waals surface area contributed by atoms with Gasteiger partial charge in [0, 0.05) is 25.7 Å². The second-order valence-corrected chi connectivity index (χ2v) is 6.79. The molecule has 5 heteroatoms. The summed E-state index contributed by atoms with van der Waals surface area (Å²) in [4.78, 5) is 16.2. The number of rotatable bonds is 4. The zero-order valence-corrected chi connectivity index (χ0v) is 13.7. The molecule has 0 aromatic heterocycles. The van der Waals surface area contributed by atoms with E-state index in [4.69, 9.17) is 4.74 Å². The lowest BCUT2D eigenvalue weighted by Crippen LogP contribution is -2.50. The number of carbonyl (C=O) groups excluding carboxylic acids is 1. The number of carbonyl (C=O) groups is 1. The van der Waals surface area contributed by atoms with Crippen molar-refractivity contribution in [2.45, 2.75) is 38.6 Å². The van der Waals surface area contributed by atoms with Gasteiger partial charge in [-0.05, 0) is 57.1 Å². The highest BCUT2D eigenvalue weighted by molar-refractivity contribution is 7.98. The highest BCUT2D eigenvalue weighted by Gasteiger charge is 2.30. The summed E-state index contributed by atoms with van der Waals surface area (Å²) in [6, 6.07) is 0.672. The van der Waals surface area contributed by atoms with Crippen molar-refractivity contribution < 1.29 is 9.53 Å². The van der Waals surface area contributed by atoms with E-state index in [2.05, 4.69) is 11.2 Å². The molecule has 0 aromatic rings. The van der Waals surface area contributed by atoms with Crippen molar-refractivity contribution in [3.63, 3.8) is 0 Å². The van der Waals surface area contributed by atoms with Gasteiger partial charge in [0.2, 0.25) is 0 Å². The molecule has 0 aromatic carbocycles. The number of likely N-dealkylation sites (tertiary alicyclic amines) is 2. The third-order valence-corrected chi connectivity index (χ3v) is 5.26. The zero-order valence-electron chi connectivity index (χ0n) is 12.8. The third kappa shape index (κ3) is 4.29. The molecule has 4 nitrogen and oxygen atoms in total. The standard InChI is InChI=1S/C15H28N2O2S/c1-3-19-15(18)16-9-6-14(7-10-16)17-8-4-5-13(11-17)12-20-2/h13-14H,3-12H2,1-2H3/t13-/m1/s1. The van der Waals surface area contributed by atoms with E-state index in [1.807, 2.05) is 23.6 Å². The van der Waals surface area contributed by atoms with Gasteiger partial charge in [0.05, 0.1) is 6.61 Å². The van der Waals surface area contributed by atoms with E-state index in [9.17, 15) is 4.79 Å². The predicted octanol–water partition coefficient (Wildman–Crippen LogP) is 2.68. The summed E-state index contributed by atoms with van der Waals surface area (Å²) >= 11 is 1.97. The number of amides is 1. The van der Waals surface area contributed by atoms with Gasteiger partial charge < -0.3 is 9.64 Å². The van der Waals surface area contributed by atoms with Crippen LogP contribution in [0.25, 0.3) is 0 Å². The summed E-state index contributed by atoms with van der Waals surface area (Å²) in [5, 5.41) is 0. The molecule has 2 heterocycles. The number of nitrogens with zero attached hydrogens (tertiary/aromatic N) is 2. The van der Waals surface area contributed by atoms with Crippen LogP contribution in [0.1, 0.15) is 32.6 Å². The first-order chi connectivity index (χ1) is 9.74. The van der Waals surface area contributed by atoms with E-state index in [1.54, 1.807) is 0 Å². The lowest BCUT2D eigenvalue weighted by atomic mass is 9.95. The summed E-state index contributed by atoms with van der Waals surface area (Å²) in [6.45, 7) is 6.55.